The molecule has 0 aliphatic carbocycles. The minimum absolute atomic E-state index is 1.03. The van der Waals surface area contributed by atoms with E-state index < -0.39 is 0 Å². The van der Waals surface area contributed by atoms with Crippen LogP contribution in [0.3, 0.4) is 0 Å². The van der Waals surface area contributed by atoms with Crippen molar-refractivity contribution in [3.8, 4) is 0 Å². The second-order valence-corrected chi connectivity index (χ2v) is 3.34. The smallest absolute Gasteiger partial charge is 0.0104 e. The molecular weight excluding hydrogens is 140 g/mol. The van der Waals surface area contributed by atoms with Crippen molar-refractivity contribution in [2.45, 2.75) is 11.3 Å². The predicted molar refractivity (Wildman–Crippen MR) is 44.1 cm³/mol. The molecule has 0 unspecified atom stereocenters. The van der Waals surface area contributed by atoms with Crippen LogP contribution >= 0.6 is 11.8 Å². The summed E-state index contributed by atoms with van der Waals surface area (Å²) in [5, 5.41) is 0. The fourth-order valence-corrected chi connectivity index (χ4v) is 1.97. The van der Waals surface area contributed by atoms with Gasteiger partial charge in [0.2, 0.25) is 0 Å². The molecule has 0 nitrogen and oxygen atoms in total. The maximum atomic E-state index is 3.30. The van der Waals surface area contributed by atoms with Crippen LogP contribution in [0.5, 0.6) is 0 Å². The molecule has 0 spiro atoms. The van der Waals surface area contributed by atoms with Gasteiger partial charge >= 0.3 is 0 Å². The van der Waals surface area contributed by atoms with Crippen molar-refractivity contribution in [2.75, 3.05) is 5.75 Å². The normalized spacial score (nSPS) is 16.4. The number of benzene rings is 1. The van der Waals surface area contributed by atoms with Gasteiger partial charge in [-0.25, -0.2) is 0 Å². The quantitative estimate of drug-likeness (QED) is 0.544. The van der Waals surface area contributed by atoms with E-state index in [9.17, 15) is 0 Å². The summed E-state index contributed by atoms with van der Waals surface area (Å²) in [6, 6.07) is 8.54. The lowest BCUT2D eigenvalue weighted by Gasteiger charge is -2.12. The van der Waals surface area contributed by atoms with Gasteiger partial charge in [-0.15, -0.1) is 11.8 Å². The third kappa shape index (κ3) is 1.06. The average molecular weight is 148 g/mol. The molecule has 1 heteroatoms. The van der Waals surface area contributed by atoms with Crippen LogP contribution in [0.25, 0.3) is 0 Å². The molecule has 1 aliphatic heterocycles. The first kappa shape index (κ1) is 6.29. The Kier molecular flexibility index (Phi) is 1.68. The summed E-state index contributed by atoms with van der Waals surface area (Å²) in [7, 11) is 0. The van der Waals surface area contributed by atoms with Crippen LogP contribution in [0.2, 0.25) is 0 Å². The molecule has 1 heterocycles. The fourth-order valence-electron chi connectivity index (χ4n) is 1.11. The molecule has 10 heavy (non-hydrogen) atoms. The van der Waals surface area contributed by atoms with E-state index in [0.717, 1.165) is 12.2 Å². The zero-order chi connectivity index (χ0) is 6.81. The lowest BCUT2D eigenvalue weighted by Crippen LogP contribution is -1.97. The highest BCUT2D eigenvalue weighted by atomic mass is 32.2. The van der Waals surface area contributed by atoms with Gasteiger partial charge in [0.1, 0.15) is 0 Å². The Hall–Kier alpha value is -0.430. The maximum Gasteiger partial charge on any atom is 0.0104 e. The first-order valence-electron chi connectivity index (χ1n) is 3.38. The highest BCUT2D eigenvalue weighted by Gasteiger charge is 2.07. The van der Waals surface area contributed by atoms with E-state index in [2.05, 4.69) is 30.7 Å². The third-order valence-electron chi connectivity index (χ3n) is 1.62. The molecule has 0 saturated heterocycles. The van der Waals surface area contributed by atoms with Gasteiger partial charge in [0.15, 0.2) is 0 Å². The van der Waals surface area contributed by atoms with E-state index in [-0.39, 0.29) is 0 Å². The predicted octanol–water partition coefficient (Wildman–Crippen LogP) is 2.42. The molecule has 2 radical (unpaired) electrons. The Labute approximate surface area is 65.6 Å². The molecule has 2 rings (SSSR count). The van der Waals surface area contributed by atoms with Crippen LogP contribution < -0.4 is 0 Å². The molecule has 0 aromatic heterocycles. The third-order valence-corrected chi connectivity index (χ3v) is 2.68. The number of hydrogen-bond donors (Lipinski definition) is 0. The Balaban J connectivity index is 2.41. The SMILES string of the molecule is [C]1CSc2ccccc2C1. The highest BCUT2D eigenvalue weighted by molar-refractivity contribution is 7.99. The first-order chi connectivity index (χ1) is 4.97. The molecule has 50 valence electrons. The second-order valence-electron chi connectivity index (χ2n) is 2.32. The van der Waals surface area contributed by atoms with Gasteiger partial charge in [0.25, 0.3) is 0 Å². The van der Waals surface area contributed by atoms with Crippen molar-refractivity contribution >= 4 is 11.8 Å². The van der Waals surface area contributed by atoms with Gasteiger partial charge < -0.3 is 0 Å². The first-order valence-corrected chi connectivity index (χ1v) is 4.37. The Bertz CT molecular complexity index is 205. The summed E-state index contributed by atoms with van der Waals surface area (Å²) in [5.74, 6) is 1.05. The van der Waals surface area contributed by atoms with Crippen molar-refractivity contribution in [1.82, 2.24) is 0 Å². The fraction of sp³-hybridized carbons (Fsp3) is 0.222. The molecule has 0 N–H and O–H groups in total. The Morgan fingerprint density at radius 3 is 3.10 bits per heavy atom. The zero-order valence-corrected chi connectivity index (χ0v) is 6.45. The number of rotatable bonds is 0. The molecule has 0 amide bonds. The van der Waals surface area contributed by atoms with Crippen LogP contribution in [-0.4, -0.2) is 5.75 Å². The van der Waals surface area contributed by atoms with Crippen LogP contribution in [0.15, 0.2) is 29.2 Å². The van der Waals surface area contributed by atoms with Gasteiger partial charge in [-0.3, -0.25) is 0 Å². The Morgan fingerprint density at radius 2 is 2.20 bits per heavy atom. The van der Waals surface area contributed by atoms with E-state index in [1.54, 1.807) is 0 Å². The summed E-state index contributed by atoms with van der Waals surface area (Å²) in [4.78, 5) is 1.43. The molecule has 0 fully saturated rings. The van der Waals surface area contributed by atoms with Crippen LogP contribution in [0, 0.1) is 6.42 Å². The van der Waals surface area contributed by atoms with Crippen LogP contribution in [-0.2, 0) is 6.42 Å². The van der Waals surface area contributed by atoms with Gasteiger partial charge in [0.05, 0.1) is 0 Å². The van der Waals surface area contributed by atoms with Crippen LogP contribution in [0.4, 0.5) is 0 Å². The lowest BCUT2D eigenvalue weighted by atomic mass is 10.1. The Morgan fingerprint density at radius 1 is 1.30 bits per heavy atom. The minimum Gasteiger partial charge on any atom is -0.125 e. The molecule has 1 aromatic carbocycles. The monoisotopic (exact) mass is 148 g/mol. The number of thioether (sulfide) groups is 1. The highest BCUT2D eigenvalue weighted by Crippen LogP contribution is 2.28. The van der Waals surface area contributed by atoms with E-state index in [4.69, 9.17) is 0 Å². The number of fused-ring (bicyclic) bond motifs is 1. The molecule has 0 atom stereocenters. The second kappa shape index (κ2) is 2.67. The van der Waals surface area contributed by atoms with Crippen molar-refractivity contribution in [3.05, 3.63) is 36.2 Å². The molecule has 1 aliphatic rings. The van der Waals surface area contributed by atoms with E-state index in [1.165, 1.54) is 10.5 Å². The summed E-state index contributed by atoms with van der Waals surface area (Å²) < 4.78 is 0. The maximum absolute atomic E-state index is 3.30. The summed E-state index contributed by atoms with van der Waals surface area (Å²) in [5.41, 5.74) is 1.43. The molecule has 0 saturated carbocycles. The lowest BCUT2D eigenvalue weighted by molar-refractivity contribution is 1.07. The van der Waals surface area contributed by atoms with E-state index in [0.29, 0.717) is 0 Å². The standard InChI is InChI=1S/C9H8S/c1-2-6-9-8(4-1)5-3-7-10-9/h1-2,4,6H,5,7H2. The van der Waals surface area contributed by atoms with Crippen molar-refractivity contribution in [1.29, 1.82) is 0 Å². The van der Waals surface area contributed by atoms with Gasteiger partial charge in [-0.1, -0.05) is 18.2 Å². The van der Waals surface area contributed by atoms with E-state index in [1.807, 2.05) is 11.8 Å². The van der Waals surface area contributed by atoms with Crippen molar-refractivity contribution < 1.29 is 0 Å². The largest absolute Gasteiger partial charge is 0.125 e. The molecular formula is C9H8S. The topological polar surface area (TPSA) is 0 Å². The van der Waals surface area contributed by atoms with Crippen molar-refractivity contribution in [3.63, 3.8) is 0 Å². The van der Waals surface area contributed by atoms with Gasteiger partial charge in [-0.2, -0.15) is 0 Å². The average Bonchev–Trinajstić information content (AvgIpc) is 2.05. The number of hydrogen-bond acceptors (Lipinski definition) is 1. The van der Waals surface area contributed by atoms with Crippen LogP contribution in [0.1, 0.15) is 5.56 Å². The zero-order valence-electron chi connectivity index (χ0n) is 5.63. The van der Waals surface area contributed by atoms with Gasteiger partial charge in [-0.05, 0) is 24.5 Å². The summed E-state index contributed by atoms with van der Waals surface area (Å²) >= 11 is 1.88. The summed E-state index contributed by atoms with van der Waals surface area (Å²) in [6.07, 6.45) is 4.33. The summed E-state index contributed by atoms with van der Waals surface area (Å²) in [6.45, 7) is 0. The van der Waals surface area contributed by atoms with Gasteiger partial charge in [0, 0.05) is 10.6 Å². The van der Waals surface area contributed by atoms with Crippen molar-refractivity contribution in [2.24, 2.45) is 0 Å². The van der Waals surface area contributed by atoms with E-state index >= 15 is 0 Å². The minimum atomic E-state index is 1.03. The molecule has 0 bridgehead atoms. The molecule has 1 aromatic rings.